The minimum atomic E-state index is -1.19. The second kappa shape index (κ2) is 4.24. The number of hydrogen-bond donors (Lipinski definition) is 3. The van der Waals surface area contributed by atoms with Gasteiger partial charge in [0.2, 0.25) is 5.88 Å². The van der Waals surface area contributed by atoms with Crippen LogP contribution in [-0.4, -0.2) is 21.2 Å². The number of carboxylic acid groups (broad SMARTS) is 1. The third-order valence-corrected chi connectivity index (χ3v) is 3.04. The number of carboxylic acids is 1. The first-order valence-electron chi connectivity index (χ1n) is 5.77. The summed E-state index contributed by atoms with van der Waals surface area (Å²) >= 11 is 0. The van der Waals surface area contributed by atoms with Crippen molar-refractivity contribution in [3.63, 3.8) is 0 Å². The van der Waals surface area contributed by atoms with Gasteiger partial charge < -0.3 is 10.2 Å². The van der Waals surface area contributed by atoms with E-state index in [-0.39, 0.29) is 17.0 Å². The zero-order valence-corrected chi connectivity index (χ0v) is 9.62. The molecule has 0 saturated heterocycles. The summed E-state index contributed by atoms with van der Waals surface area (Å²) in [4.78, 5) is 25.2. The first-order chi connectivity index (χ1) is 8.06. The zero-order valence-electron chi connectivity index (χ0n) is 9.62. The van der Waals surface area contributed by atoms with Gasteiger partial charge in [-0.2, -0.15) is 0 Å². The van der Waals surface area contributed by atoms with Crippen LogP contribution < -0.4 is 5.56 Å². The highest BCUT2D eigenvalue weighted by Crippen LogP contribution is 2.41. The molecule has 1 heterocycles. The van der Waals surface area contributed by atoms with E-state index < -0.39 is 11.8 Å². The highest BCUT2D eigenvalue weighted by atomic mass is 16.4. The molecule has 2 rings (SSSR count). The molecule has 5 nitrogen and oxygen atoms in total. The Balaban J connectivity index is 2.68. The highest BCUT2D eigenvalue weighted by Gasteiger charge is 2.32. The largest absolute Gasteiger partial charge is 0.494 e. The average Bonchev–Trinajstić information content (AvgIpc) is 3.00. The number of aromatic amines is 1. The molecule has 1 aromatic rings. The Morgan fingerprint density at radius 3 is 2.59 bits per heavy atom. The van der Waals surface area contributed by atoms with Crippen molar-refractivity contribution in [2.75, 3.05) is 0 Å². The lowest BCUT2D eigenvalue weighted by Crippen LogP contribution is -2.19. The molecule has 0 radical (unpaired) electrons. The van der Waals surface area contributed by atoms with E-state index in [9.17, 15) is 14.7 Å². The molecule has 92 valence electrons. The molecule has 1 aliphatic rings. The molecule has 0 aliphatic heterocycles. The second-order valence-corrected chi connectivity index (χ2v) is 4.40. The van der Waals surface area contributed by atoms with Crippen LogP contribution >= 0.6 is 0 Å². The summed E-state index contributed by atoms with van der Waals surface area (Å²) in [6, 6.07) is 0. The fourth-order valence-corrected chi connectivity index (χ4v) is 2.20. The van der Waals surface area contributed by atoms with Crippen LogP contribution in [0.2, 0.25) is 0 Å². The van der Waals surface area contributed by atoms with Crippen molar-refractivity contribution in [3.05, 3.63) is 27.0 Å². The minimum absolute atomic E-state index is 0.145. The monoisotopic (exact) mass is 237 g/mol. The van der Waals surface area contributed by atoms with E-state index >= 15 is 0 Å². The number of carbonyl (C=O) groups is 1. The summed E-state index contributed by atoms with van der Waals surface area (Å²) in [5, 5.41) is 18.7. The van der Waals surface area contributed by atoms with Gasteiger partial charge in [-0.25, -0.2) is 4.79 Å². The maximum Gasteiger partial charge on any atom is 0.341 e. The van der Waals surface area contributed by atoms with Gasteiger partial charge >= 0.3 is 5.97 Å². The molecule has 1 saturated carbocycles. The van der Waals surface area contributed by atoms with Crippen LogP contribution in [0.15, 0.2) is 4.79 Å². The van der Waals surface area contributed by atoms with Gasteiger partial charge in [0, 0.05) is 5.56 Å². The Labute approximate surface area is 98.1 Å². The van der Waals surface area contributed by atoms with Crippen molar-refractivity contribution >= 4 is 5.97 Å². The molecule has 3 N–H and O–H groups in total. The van der Waals surface area contributed by atoms with E-state index in [1.807, 2.05) is 6.92 Å². The van der Waals surface area contributed by atoms with E-state index in [1.165, 1.54) is 0 Å². The zero-order chi connectivity index (χ0) is 12.6. The summed E-state index contributed by atoms with van der Waals surface area (Å²) in [5.74, 6) is -1.56. The highest BCUT2D eigenvalue weighted by molar-refractivity contribution is 5.92. The summed E-state index contributed by atoms with van der Waals surface area (Å²) in [6.07, 6.45) is 3.08. The molecule has 0 bridgehead atoms. The first-order valence-corrected chi connectivity index (χ1v) is 5.77. The van der Waals surface area contributed by atoms with Gasteiger partial charge in [0.15, 0.2) is 0 Å². The van der Waals surface area contributed by atoms with Gasteiger partial charge in [0.1, 0.15) is 5.56 Å². The van der Waals surface area contributed by atoms with Gasteiger partial charge in [0.25, 0.3) is 5.56 Å². The average molecular weight is 237 g/mol. The third kappa shape index (κ3) is 2.05. The molecule has 1 aliphatic carbocycles. The molecule has 17 heavy (non-hydrogen) atoms. The Bertz CT molecular complexity index is 514. The van der Waals surface area contributed by atoms with E-state index in [1.54, 1.807) is 0 Å². The fourth-order valence-electron chi connectivity index (χ4n) is 2.20. The first kappa shape index (κ1) is 11.7. The van der Waals surface area contributed by atoms with Crippen LogP contribution in [0.25, 0.3) is 0 Å². The number of hydrogen-bond acceptors (Lipinski definition) is 3. The quantitative estimate of drug-likeness (QED) is 0.742. The van der Waals surface area contributed by atoms with Crippen LogP contribution in [0.1, 0.15) is 53.6 Å². The molecule has 0 amide bonds. The van der Waals surface area contributed by atoms with Crippen molar-refractivity contribution in [3.8, 4) is 5.88 Å². The third-order valence-electron chi connectivity index (χ3n) is 3.04. The topological polar surface area (TPSA) is 90.4 Å². The fraction of sp³-hybridized carbons (Fsp3) is 0.500. The maximum atomic E-state index is 11.8. The Kier molecular flexibility index (Phi) is 2.92. The predicted octanol–water partition coefficient (Wildman–Crippen LogP) is 1.61. The van der Waals surface area contributed by atoms with Crippen LogP contribution in [-0.2, 0) is 6.42 Å². The van der Waals surface area contributed by atoms with Crippen molar-refractivity contribution in [2.24, 2.45) is 0 Å². The van der Waals surface area contributed by atoms with E-state index in [2.05, 4.69) is 4.98 Å². The molecular formula is C12H15NO4. The molecule has 0 unspecified atom stereocenters. The molecular weight excluding hydrogens is 222 g/mol. The van der Waals surface area contributed by atoms with E-state index in [0.717, 1.165) is 19.3 Å². The van der Waals surface area contributed by atoms with Gasteiger partial charge in [-0.05, 0) is 30.7 Å². The van der Waals surface area contributed by atoms with E-state index in [4.69, 9.17) is 5.11 Å². The minimum Gasteiger partial charge on any atom is -0.494 e. The number of aromatic nitrogens is 1. The van der Waals surface area contributed by atoms with Crippen molar-refractivity contribution in [2.45, 2.75) is 38.5 Å². The standard InChI is InChI=1S/C12H15NO4/c1-2-3-7-8(6-4-5-6)10(14)13-11(15)9(7)12(16)17/h6H,2-5H2,1H3,(H,16,17)(H2,13,14,15). The normalized spacial score (nSPS) is 14.9. The van der Waals surface area contributed by atoms with Crippen LogP contribution in [0.4, 0.5) is 0 Å². The van der Waals surface area contributed by atoms with E-state index in [0.29, 0.717) is 17.5 Å². The molecule has 0 aromatic carbocycles. The van der Waals surface area contributed by atoms with Gasteiger partial charge in [0.05, 0.1) is 0 Å². The lowest BCUT2D eigenvalue weighted by molar-refractivity contribution is 0.0691. The number of aromatic hydroxyl groups is 1. The van der Waals surface area contributed by atoms with Crippen molar-refractivity contribution in [1.29, 1.82) is 0 Å². The Morgan fingerprint density at radius 2 is 2.12 bits per heavy atom. The molecule has 0 spiro atoms. The molecule has 1 aromatic heterocycles. The molecule has 5 heteroatoms. The lowest BCUT2D eigenvalue weighted by Gasteiger charge is -2.11. The van der Waals surface area contributed by atoms with Crippen LogP contribution in [0.3, 0.4) is 0 Å². The van der Waals surface area contributed by atoms with Gasteiger partial charge in [-0.3, -0.25) is 9.78 Å². The van der Waals surface area contributed by atoms with Gasteiger partial charge in [-0.1, -0.05) is 13.3 Å². The molecule has 0 atom stereocenters. The van der Waals surface area contributed by atoms with Crippen molar-refractivity contribution in [1.82, 2.24) is 4.98 Å². The lowest BCUT2D eigenvalue weighted by atomic mass is 9.96. The Hall–Kier alpha value is -1.78. The number of pyridine rings is 1. The summed E-state index contributed by atoms with van der Waals surface area (Å²) < 4.78 is 0. The number of H-pyrrole nitrogens is 1. The summed E-state index contributed by atoms with van der Waals surface area (Å²) in [6.45, 7) is 1.92. The molecule has 1 fully saturated rings. The smallest absolute Gasteiger partial charge is 0.341 e. The summed E-state index contributed by atoms with van der Waals surface area (Å²) in [7, 11) is 0. The number of nitrogens with one attached hydrogen (secondary N) is 1. The van der Waals surface area contributed by atoms with Gasteiger partial charge in [-0.15, -0.1) is 0 Å². The predicted molar refractivity (Wildman–Crippen MR) is 61.7 cm³/mol. The Morgan fingerprint density at radius 1 is 1.47 bits per heavy atom. The van der Waals surface area contributed by atoms with Crippen molar-refractivity contribution < 1.29 is 15.0 Å². The SMILES string of the molecule is CCCc1c(C(=O)O)c(O)[nH]c(=O)c1C1CC1. The second-order valence-electron chi connectivity index (χ2n) is 4.40. The summed E-state index contributed by atoms with van der Waals surface area (Å²) in [5.41, 5.74) is 0.567. The number of aromatic carboxylic acids is 1. The maximum absolute atomic E-state index is 11.8. The van der Waals surface area contributed by atoms with Crippen LogP contribution in [0.5, 0.6) is 5.88 Å². The van der Waals surface area contributed by atoms with Crippen LogP contribution in [0, 0.1) is 0 Å². The number of rotatable bonds is 4.